The molecule has 0 unspecified atom stereocenters. The minimum absolute atomic E-state index is 0.184. The van der Waals surface area contributed by atoms with Gasteiger partial charge in [-0.3, -0.25) is 4.79 Å². The maximum atomic E-state index is 12.1. The largest absolute Gasteiger partial charge is 0.480 e. The zero-order chi connectivity index (χ0) is 16.1. The summed E-state index contributed by atoms with van der Waals surface area (Å²) in [6, 6.07) is 7.77. The summed E-state index contributed by atoms with van der Waals surface area (Å²) in [6.45, 7) is 3.84. The topological polar surface area (TPSA) is 84.2 Å². The second-order valence-electron chi connectivity index (χ2n) is 5.49. The molecule has 0 radical (unpaired) electrons. The van der Waals surface area contributed by atoms with Crippen molar-refractivity contribution in [3.8, 4) is 5.69 Å². The third-order valence-corrected chi connectivity index (χ3v) is 3.21. The van der Waals surface area contributed by atoms with Crippen LogP contribution in [0.15, 0.2) is 42.7 Å². The second-order valence-corrected chi connectivity index (χ2v) is 5.49. The number of carbonyl (C=O) groups is 2. The van der Waals surface area contributed by atoms with Gasteiger partial charge in [0, 0.05) is 18.0 Å². The van der Waals surface area contributed by atoms with Crippen LogP contribution >= 0.6 is 0 Å². The van der Waals surface area contributed by atoms with E-state index in [1.54, 1.807) is 41.3 Å². The van der Waals surface area contributed by atoms with Crippen LogP contribution in [-0.2, 0) is 4.79 Å². The highest BCUT2D eigenvalue weighted by atomic mass is 16.4. The van der Waals surface area contributed by atoms with Crippen molar-refractivity contribution < 1.29 is 14.7 Å². The van der Waals surface area contributed by atoms with Crippen molar-refractivity contribution in [2.75, 3.05) is 0 Å². The third kappa shape index (κ3) is 3.94. The maximum absolute atomic E-state index is 12.1. The molecule has 2 N–H and O–H groups in total. The molecule has 0 saturated heterocycles. The average Bonchev–Trinajstić information content (AvgIpc) is 3.00. The van der Waals surface area contributed by atoms with E-state index in [0.29, 0.717) is 12.0 Å². The lowest BCUT2D eigenvalue weighted by Gasteiger charge is -2.16. The molecule has 1 heterocycles. The Morgan fingerprint density at radius 3 is 2.45 bits per heavy atom. The Hall–Kier alpha value is -2.63. The number of carbonyl (C=O) groups excluding carboxylic acids is 1. The molecular formula is C16H19N3O3. The first-order valence-corrected chi connectivity index (χ1v) is 7.11. The zero-order valence-corrected chi connectivity index (χ0v) is 12.6. The number of benzene rings is 1. The summed E-state index contributed by atoms with van der Waals surface area (Å²) in [5.74, 6) is -1.22. The summed E-state index contributed by atoms with van der Waals surface area (Å²) < 4.78 is 1.68. The van der Waals surface area contributed by atoms with Crippen molar-refractivity contribution in [1.82, 2.24) is 15.1 Å². The van der Waals surface area contributed by atoms with E-state index in [9.17, 15) is 9.59 Å². The lowest BCUT2D eigenvalue weighted by atomic mass is 10.0. The van der Waals surface area contributed by atoms with Crippen LogP contribution < -0.4 is 5.32 Å². The molecule has 0 saturated carbocycles. The number of hydrogen-bond acceptors (Lipinski definition) is 3. The van der Waals surface area contributed by atoms with Crippen LogP contribution in [0.3, 0.4) is 0 Å². The van der Waals surface area contributed by atoms with E-state index in [1.165, 1.54) is 0 Å². The minimum atomic E-state index is -1.02. The molecule has 0 bridgehead atoms. The van der Waals surface area contributed by atoms with E-state index in [0.717, 1.165) is 5.69 Å². The molecule has 116 valence electrons. The summed E-state index contributed by atoms with van der Waals surface area (Å²) in [7, 11) is 0. The molecular weight excluding hydrogens is 282 g/mol. The van der Waals surface area contributed by atoms with E-state index < -0.39 is 12.0 Å². The van der Waals surface area contributed by atoms with Crippen molar-refractivity contribution in [2.24, 2.45) is 5.92 Å². The van der Waals surface area contributed by atoms with Gasteiger partial charge in [0.1, 0.15) is 6.04 Å². The molecule has 1 aromatic heterocycles. The van der Waals surface area contributed by atoms with Gasteiger partial charge in [0.05, 0.1) is 5.69 Å². The fourth-order valence-corrected chi connectivity index (χ4v) is 2.12. The Bertz CT molecular complexity index is 633. The molecule has 0 aliphatic carbocycles. The monoisotopic (exact) mass is 301 g/mol. The molecule has 2 rings (SSSR count). The number of aromatic nitrogens is 2. The molecule has 1 aromatic carbocycles. The van der Waals surface area contributed by atoms with Gasteiger partial charge in [0.25, 0.3) is 5.91 Å². The Morgan fingerprint density at radius 2 is 1.95 bits per heavy atom. The highest BCUT2D eigenvalue weighted by Crippen LogP contribution is 2.10. The summed E-state index contributed by atoms with van der Waals surface area (Å²) in [5.41, 5.74) is 1.25. The van der Waals surface area contributed by atoms with E-state index in [2.05, 4.69) is 10.4 Å². The van der Waals surface area contributed by atoms with Crippen molar-refractivity contribution in [3.63, 3.8) is 0 Å². The van der Waals surface area contributed by atoms with Gasteiger partial charge in [0.15, 0.2) is 0 Å². The Morgan fingerprint density at radius 1 is 1.27 bits per heavy atom. The molecule has 1 amide bonds. The van der Waals surface area contributed by atoms with E-state index in [4.69, 9.17) is 5.11 Å². The summed E-state index contributed by atoms with van der Waals surface area (Å²) in [4.78, 5) is 23.3. The number of amides is 1. The highest BCUT2D eigenvalue weighted by Gasteiger charge is 2.21. The molecule has 6 heteroatoms. The number of rotatable bonds is 6. The molecule has 2 aromatic rings. The number of nitrogens with zero attached hydrogens (tertiary/aromatic N) is 2. The number of carboxylic acids is 1. The summed E-state index contributed by atoms with van der Waals surface area (Å²) >= 11 is 0. The standard InChI is InChI=1S/C16H19N3O3/c1-11(2)10-14(16(21)22)18-15(20)12-4-6-13(7-5-12)19-9-3-8-17-19/h3-9,11,14H,10H2,1-2H3,(H,18,20)(H,21,22)/t14-/m0/s1. The zero-order valence-electron chi connectivity index (χ0n) is 12.6. The Kier molecular flexibility index (Phi) is 4.93. The van der Waals surface area contributed by atoms with Crippen LogP contribution in [0.4, 0.5) is 0 Å². The van der Waals surface area contributed by atoms with Crippen molar-refractivity contribution >= 4 is 11.9 Å². The highest BCUT2D eigenvalue weighted by molar-refractivity contribution is 5.96. The Labute approximate surface area is 128 Å². The maximum Gasteiger partial charge on any atom is 0.326 e. The van der Waals surface area contributed by atoms with Crippen molar-refractivity contribution in [2.45, 2.75) is 26.3 Å². The van der Waals surface area contributed by atoms with E-state index in [1.807, 2.05) is 19.9 Å². The van der Waals surface area contributed by atoms with E-state index in [-0.39, 0.29) is 11.8 Å². The first-order chi connectivity index (χ1) is 10.5. The molecule has 22 heavy (non-hydrogen) atoms. The summed E-state index contributed by atoms with van der Waals surface area (Å²) in [6.07, 6.45) is 3.87. The minimum Gasteiger partial charge on any atom is -0.480 e. The van der Waals surface area contributed by atoms with Crippen LogP contribution in [-0.4, -0.2) is 32.8 Å². The quantitative estimate of drug-likeness (QED) is 0.855. The molecule has 0 spiro atoms. The Balaban J connectivity index is 2.07. The van der Waals surface area contributed by atoms with Gasteiger partial charge in [-0.1, -0.05) is 13.8 Å². The van der Waals surface area contributed by atoms with Crippen LogP contribution in [0.5, 0.6) is 0 Å². The predicted molar refractivity (Wildman–Crippen MR) is 81.9 cm³/mol. The van der Waals surface area contributed by atoms with Crippen molar-refractivity contribution in [3.05, 3.63) is 48.3 Å². The lowest BCUT2D eigenvalue weighted by molar-refractivity contribution is -0.139. The van der Waals surface area contributed by atoms with Gasteiger partial charge >= 0.3 is 5.97 Å². The normalized spacial score (nSPS) is 12.1. The fourth-order valence-electron chi connectivity index (χ4n) is 2.12. The number of hydrogen-bond donors (Lipinski definition) is 2. The van der Waals surface area contributed by atoms with Crippen LogP contribution in [0.2, 0.25) is 0 Å². The summed E-state index contributed by atoms with van der Waals surface area (Å²) in [5, 5.41) is 15.8. The number of aliphatic carboxylic acids is 1. The van der Waals surface area contributed by atoms with Gasteiger partial charge in [-0.2, -0.15) is 5.10 Å². The van der Waals surface area contributed by atoms with Gasteiger partial charge in [-0.25, -0.2) is 9.48 Å². The fraction of sp³-hybridized carbons (Fsp3) is 0.312. The van der Waals surface area contributed by atoms with Crippen LogP contribution in [0.1, 0.15) is 30.6 Å². The van der Waals surface area contributed by atoms with Crippen LogP contribution in [0, 0.1) is 5.92 Å². The van der Waals surface area contributed by atoms with Gasteiger partial charge in [-0.15, -0.1) is 0 Å². The first kappa shape index (κ1) is 15.8. The predicted octanol–water partition coefficient (Wildman–Crippen LogP) is 2.10. The van der Waals surface area contributed by atoms with Crippen LogP contribution in [0.25, 0.3) is 5.69 Å². The van der Waals surface area contributed by atoms with Gasteiger partial charge in [-0.05, 0) is 42.7 Å². The lowest BCUT2D eigenvalue weighted by Crippen LogP contribution is -2.41. The number of nitrogens with one attached hydrogen (secondary N) is 1. The average molecular weight is 301 g/mol. The molecule has 0 aliphatic rings. The van der Waals surface area contributed by atoms with Crippen molar-refractivity contribution in [1.29, 1.82) is 0 Å². The smallest absolute Gasteiger partial charge is 0.326 e. The van der Waals surface area contributed by atoms with E-state index >= 15 is 0 Å². The molecule has 6 nitrogen and oxygen atoms in total. The molecule has 1 atom stereocenters. The SMILES string of the molecule is CC(C)C[C@H](NC(=O)c1ccc(-n2cccn2)cc1)C(=O)O. The molecule has 0 aliphatic heterocycles. The second kappa shape index (κ2) is 6.89. The first-order valence-electron chi connectivity index (χ1n) is 7.11. The van der Waals surface area contributed by atoms with Gasteiger partial charge < -0.3 is 10.4 Å². The third-order valence-electron chi connectivity index (χ3n) is 3.21. The number of carboxylic acid groups (broad SMARTS) is 1. The van der Waals surface area contributed by atoms with Gasteiger partial charge in [0.2, 0.25) is 0 Å². The molecule has 0 fully saturated rings.